The Morgan fingerprint density at radius 3 is 0.808 bits per heavy atom. The van der Waals surface area contributed by atoms with Gasteiger partial charge in [0.1, 0.15) is 13.2 Å². The molecule has 78 heavy (non-hydrogen) atoms. The summed E-state index contributed by atoms with van der Waals surface area (Å²) in [6.07, 6.45) is 93.9. The molecule has 0 spiro atoms. The van der Waals surface area contributed by atoms with Crippen LogP contribution in [0.15, 0.2) is 158 Å². The van der Waals surface area contributed by atoms with E-state index in [-0.39, 0.29) is 31.1 Å². The third kappa shape index (κ3) is 61.9. The highest BCUT2D eigenvalue weighted by Crippen LogP contribution is 2.14. The van der Waals surface area contributed by atoms with Crippen molar-refractivity contribution < 1.29 is 28.6 Å². The second-order valence-corrected chi connectivity index (χ2v) is 20.2. The van der Waals surface area contributed by atoms with E-state index >= 15 is 0 Å². The molecule has 1 unspecified atom stereocenters. The van der Waals surface area contributed by atoms with E-state index in [1.807, 2.05) is 0 Å². The van der Waals surface area contributed by atoms with Gasteiger partial charge in [-0.25, -0.2) is 0 Å². The largest absolute Gasteiger partial charge is 0.462 e. The van der Waals surface area contributed by atoms with Crippen molar-refractivity contribution in [1.29, 1.82) is 0 Å². The molecule has 0 aromatic rings. The molecule has 0 saturated heterocycles. The monoisotopic (exact) mass is 1070 g/mol. The van der Waals surface area contributed by atoms with Gasteiger partial charge in [0, 0.05) is 19.3 Å². The molecule has 0 aromatic carbocycles. The lowest BCUT2D eigenvalue weighted by atomic mass is 10.1. The smallest absolute Gasteiger partial charge is 0.306 e. The molecule has 0 aliphatic heterocycles. The Labute approximate surface area is 480 Å². The normalized spacial score (nSPS) is 13.2. The molecular weight excluding hydrogens is 961 g/mol. The van der Waals surface area contributed by atoms with E-state index in [1.54, 1.807) is 0 Å². The summed E-state index contributed by atoms with van der Waals surface area (Å²) in [4.78, 5) is 38.2. The first kappa shape index (κ1) is 73.0. The van der Waals surface area contributed by atoms with E-state index < -0.39 is 6.10 Å². The molecule has 0 amide bonds. The molecule has 0 saturated carbocycles. The fourth-order valence-electron chi connectivity index (χ4n) is 8.10. The average molecular weight is 1080 g/mol. The second kappa shape index (κ2) is 64.6. The van der Waals surface area contributed by atoms with Crippen LogP contribution in [0.3, 0.4) is 0 Å². The van der Waals surface area contributed by atoms with Gasteiger partial charge in [0.2, 0.25) is 0 Å². The third-order valence-electron chi connectivity index (χ3n) is 12.7. The average Bonchev–Trinajstić information content (AvgIpc) is 3.44. The maximum atomic E-state index is 12.9. The lowest BCUT2D eigenvalue weighted by Crippen LogP contribution is -2.30. The summed E-state index contributed by atoms with van der Waals surface area (Å²) in [5.41, 5.74) is 0. The number of allylic oxidation sites excluding steroid dienone is 26. The van der Waals surface area contributed by atoms with Gasteiger partial charge >= 0.3 is 17.9 Å². The van der Waals surface area contributed by atoms with Crippen LogP contribution in [0.25, 0.3) is 0 Å². The second-order valence-electron chi connectivity index (χ2n) is 20.2. The Kier molecular flexibility index (Phi) is 60.4. The predicted octanol–water partition coefficient (Wildman–Crippen LogP) is 21.7. The van der Waals surface area contributed by atoms with Gasteiger partial charge in [0.15, 0.2) is 6.10 Å². The van der Waals surface area contributed by atoms with Gasteiger partial charge in [-0.2, -0.15) is 0 Å². The van der Waals surface area contributed by atoms with Crippen LogP contribution < -0.4 is 0 Å². The summed E-state index contributed by atoms with van der Waals surface area (Å²) in [6.45, 7) is 6.30. The van der Waals surface area contributed by atoms with Crippen LogP contribution in [0.5, 0.6) is 0 Å². The number of carbonyl (C=O) groups excluding carboxylic acids is 3. The molecule has 6 heteroatoms. The first-order chi connectivity index (χ1) is 38.5. The molecule has 0 fully saturated rings. The van der Waals surface area contributed by atoms with E-state index in [2.05, 4.69) is 179 Å². The molecule has 0 aliphatic rings. The molecule has 1 atom stereocenters. The Hall–Kier alpha value is -4.97. The zero-order chi connectivity index (χ0) is 56.4. The molecule has 6 nitrogen and oxygen atoms in total. The maximum absolute atomic E-state index is 12.9. The number of rotatable bonds is 55. The van der Waals surface area contributed by atoms with Gasteiger partial charge in [-0.3, -0.25) is 14.4 Å². The van der Waals surface area contributed by atoms with Crippen LogP contribution in [0.1, 0.15) is 258 Å². The zero-order valence-electron chi connectivity index (χ0n) is 50.1. The molecule has 0 N–H and O–H groups in total. The molecule has 0 radical (unpaired) electrons. The van der Waals surface area contributed by atoms with Crippen molar-refractivity contribution in [2.75, 3.05) is 13.2 Å². The van der Waals surface area contributed by atoms with E-state index in [4.69, 9.17) is 14.2 Å². The lowest BCUT2D eigenvalue weighted by molar-refractivity contribution is -0.167. The third-order valence-corrected chi connectivity index (χ3v) is 12.7. The number of hydrogen-bond acceptors (Lipinski definition) is 6. The predicted molar refractivity (Wildman–Crippen MR) is 338 cm³/mol. The molecule has 0 rings (SSSR count). The highest BCUT2D eigenvalue weighted by molar-refractivity contribution is 5.71. The van der Waals surface area contributed by atoms with Gasteiger partial charge in [0.05, 0.1) is 0 Å². The Balaban J connectivity index is 4.38. The first-order valence-corrected chi connectivity index (χ1v) is 31.5. The molecule has 0 aliphatic carbocycles. The van der Waals surface area contributed by atoms with Gasteiger partial charge in [-0.15, -0.1) is 0 Å². The van der Waals surface area contributed by atoms with E-state index in [0.717, 1.165) is 167 Å². The zero-order valence-corrected chi connectivity index (χ0v) is 50.1. The van der Waals surface area contributed by atoms with Crippen LogP contribution in [0, 0.1) is 0 Å². The van der Waals surface area contributed by atoms with Crippen LogP contribution in [0.2, 0.25) is 0 Å². The summed E-state index contributed by atoms with van der Waals surface area (Å²) in [6, 6.07) is 0. The summed E-state index contributed by atoms with van der Waals surface area (Å²) in [7, 11) is 0. The van der Waals surface area contributed by atoms with Crippen molar-refractivity contribution in [3.63, 3.8) is 0 Å². The Bertz CT molecular complexity index is 1760. The van der Waals surface area contributed by atoms with Crippen molar-refractivity contribution in [3.05, 3.63) is 158 Å². The topological polar surface area (TPSA) is 78.9 Å². The van der Waals surface area contributed by atoms with E-state index in [1.165, 1.54) is 51.4 Å². The maximum Gasteiger partial charge on any atom is 0.306 e. The highest BCUT2D eigenvalue weighted by atomic mass is 16.6. The van der Waals surface area contributed by atoms with Crippen molar-refractivity contribution in [2.45, 2.75) is 264 Å². The van der Waals surface area contributed by atoms with E-state index in [9.17, 15) is 14.4 Å². The number of esters is 3. The molecule has 0 aromatic heterocycles. The lowest BCUT2D eigenvalue weighted by Gasteiger charge is -2.18. The van der Waals surface area contributed by atoms with Crippen LogP contribution in [0.4, 0.5) is 0 Å². The van der Waals surface area contributed by atoms with Crippen LogP contribution in [-0.2, 0) is 28.6 Å². The van der Waals surface area contributed by atoms with Gasteiger partial charge in [0.25, 0.3) is 0 Å². The number of carbonyl (C=O) groups is 3. The molecule has 438 valence electrons. The fourth-order valence-corrected chi connectivity index (χ4v) is 8.10. The highest BCUT2D eigenvalue weighted by Gasteiger charge is 2.19. The van der Waals surface area contributed by atoms with E-state index in [0.29, 0.717) is 19.3 Å². The van der Waals surface area contributed by atoms with Crippen LogP contribution in [-0.4, -0.2) is 37.2 Å². The van der Waals surface area contributed by atoms with Crippen molar-refractivity contribution in [3.8, 4) is 0 Å². The number of ether oxygens (including phenoxy) is 3. The minimum atomic E-state index is -0.807. The SMILES string of the molecule is CC/C=C\C/C=C\C/C=C\C/C=C\C/C=C\C/C=C\C/C=C\CCCCCC(=O)OCC(COC(=O)CCCCCCC/C=C\CCC)OC(=O)CCCCCCCCCCC/C=C\C/C=C\C/C=C\C/C=C\C/C=C\CC. The van der Waals surface area contributed by atoms with Crippen molar-refractivity contribution in [1.82, 2.24) is 0 Å². The summed E-state index contributed by atoms with van der Waals surface area (Å²) < 4.78 is 16.8. The molecule has 0 bridgehead atoms. The summed E-state index contributed by atoms with van der Waals surface area (Å²) in [5.74, 6) is -0.957. The van der Waals surface area contributed by atoms with Crippen LogP contribution >= 0.6 is 0 Å². The van der Waals surface area contributed by atoms with Crippen molar-refractivity contribution in [2.24, 2.45) is 0 Å². The van der Waals surface area contributed by atoms with Crippen molar-refractivity contribution >= 4 is 17.9 Å². The van der Waals surface area contributed by atoms with Gasteiger partial charge in [-0.1, -0.05) is 256 Å². The summed E-state index contributed by atoms with van der Waals surface area (Å²) in [5, 5.41) is 0. The Morgan fingerprint density at radius 2 is 0.500 bits per heavy atom. The number of unbranched alkanes of at least 4 members (excludes halogenated alkanes) is 18. The summed E-state index contributed by atoms with van der Waals surface area (Å²) >= 11 is 0. The molecule has 0 heterocycles. The first-order valence-electron chi connectivity index (χ1n) is 31.5. The number of hydrogen-bond donors (Lipinski definition) is 0. The Morgan fingerprint density at radius 1 is 0.269 bits per heavy atom. The standard InChI is InChI=1S/C72H114O6/c1-4-7-10-13-16-19-22-24-26-28-30-32-34-36-38-40-42-44-46-48-50-53-56-59-62-65-71(74)77-68-69(67-76-70(73)64-61-58-55-52-21-18-15-12-9-6-3)78-72(75)66-63-60-57-54-51-49-47-45-43-41-39-37-35-33-31-29-27-25-23-20-17-14-11-8-5-2/h7-8,10-12,15-17,19-20,24-27,30-33,36-39,42,44,48,50,69H,4-6,9,13-14,18,21-23,28-29,34-35,40-41,43,45-47,49,51-68H2,1-3H3/b10-7-,11-8-,15-12-,19-16-,20-17-,26-24-,27-25-,32-30-,33-31-,38-36-,39-37-,44-42-,50-48-. The minimum absolute atomic E-state index is 0.102. The van der Waals surface area contributed by atoms with Gasteiger partial charge in [-0.05, 0) is 141 Å². The fraction of sp³-hybridized carbons (Fsp3) is 0.597. The quantitative estimate of drug-likeness (QED) is 0.0261. The van der Waals surface area contributed by atoms with Gasteiger partial charge < -0.3 is 14.2 Å². The minimum Gasteiger partial charge on any atom is -0.462 e. The molecular formula is C72H114O6.